The second kappa shape index (κ2) is 6.23. The van der Waals surface area contributed by atoms with Crippen LogP contribution >= 0.6 is 0 Å². The van der Waals surface area contributed by atoms with Crippen LogP contribution in [0.3, 0.4) is 0 Å². The van der Waals surface area contributed by atoms with Gasteiger partial charge in [0.25, 0.3) is 0 Å². The van der Waals surface area contributed by atoms with Gasteiger partial charge in [-0.25, -0.2) is 17.9 Å². The molecular formula is C13H20N2O4S. The fourth-order valence-corrected chi connectivity index (χ4v) is 3.37. The summed E-state index contributed by atoms with van der Waals surface area (Å²) in [6, 6.07) is 0. The van der Waals surface area contributed by atoms with E-state index in [9.17, 15) is 13.2 Å². The molecule has 0 aliphatic rings. The Morgan fingerprint density at radius 3 is 2.50 bits per heavy atom. The number of carbonyl (C=O) groups excluding carboxylic acids is 1. The third kappa shape index (κ3) is 3.49. The first-order valence-electron chi connectivity index (χ1n) is 6.21. The third-order valence-corrected chi connectivity index (χ3v) is 4.36. The molecule has 0 saturated heterocycles. The van der Waals surface area contributed by atoms with Gasteiger partial charge >= 0.3 is 5.97 Å². The van der Waals surface area contributed by atoms with Crippen LogP contribution in [0.25, 0.3) is 0 Å². The summed E-state index contributed by atoms with van der Waals surface area (Å²) in [7, 11) is -3.69. The molecule has 0 aromatic carbocycles. The van der Waals surface area contributed by atoms with Crippen LogP contribution in [0.4, 0.5) is 0 Å². The minimum absolute atomic E-state index is 0.0850. The van der Waals surface area contributed by atoms with Crippen LogP contribution in [0.15, 0.2) is 17.0 Å². The third-order valence-electron chi connectivity index (χ3n) is 2.68. The van der Waals surface area contributed by atoms with Crippen LogP contribution in [0.1, 0.15) is 35.6 Å². The van der Waals surface area contributed by atoms with Crippen molar-refractivity contribution in [3.8, 4) is 0 Å². The van der Waals surface area contributed by atoms with Gasteiger partial charge in [-0.3, -0.25) is 0 Å². The Labute approximate surface area is 119 Å². The predicted molar refractivity (Wildman–Crippen MR) is 76.2 cm³/mol. The SMILES string of the molecule is C=C(C)CNS(=O)(=O)c1c(C)[nH]c(C(=O)OCC)c1C. The van der Waals surface area contributed by atoms with Crippen molar-refractivity contribution >= 4 is 16.0 Å². The van der Waals surface area contributed by atoms with Gasteiger partial charge in [-0.15, -0.1) is 0 Å². The second-order valence-electron chi connectivity index (χ2n) is 4.58. The highest BCUT2D eigenvalue weighted by Crippen LogP contribution is 2.23. The van der Waals surface area contributed by atoms with E-state index < -0.39 is 16.0 Å². The zero-order valence-corrected chi connectivity index (χ0v) is 13.0. The molecule has 1 aromatic heterocycles. The summed E-state index contributed by atoms with van der Waals surface area (Å²) in [6.07, 6.45) is 0. The topological polar surface area (TPSA) is 88.3 Å². The van der Waals surface area contributed by atoms with Crippen molar-refractivity contribution < 1.29 is 17.9 Å². The van der Waals surface area contributed by atoms with Crippen LogP contribution in [-0.4, -0.2) is 32.5 Å². The van der Waals surface area contributed by atoms with Crippen molar-refractivity contribution in [1.29, 1.82) is 0 Å². The van der Waals surface area contributed by atoms with Gasteiger partial charge in [-0.1, -0.05) is 12.2 Å². The molecule has 112 valence electrons. The van der Waals surface area contributed by atoms with Gasteiger partial charge < -0.3 is 9.72 Å². The number of aryl methyl sites for hydroxylation is 1. The lowest BCUT2D eigenvalue weighted by Gasteiger charge is -2.07. The lowest BCUT2D eigenvalue weighted by Crippen LogP contribution is -2.26. The maximum absolute atomic E-state index is 12.2. The number of sulfonamides is 1. The molecule has 0 amide bonds. The number of rotatable bonds is 6. The summed E-state index contributed by atoms with van der Waals surface area (Å²) in [6.45, 7) is 10.6. The molecule has 0 unspecified atom stereocenters. The summed E-state index contributed by atoms with van der Waals surface area (Å²) in [5, 5.41) is 0. The molecule has 0 radical (unpaired) electrons. The Bertz CT molecular complexity index is 629. The number of aromatic amines is 1. The van der Waals surface area contributed by atoms with E-state index in [0.717, 1.165) is 0 Å². The second-order valence-corrected chi connectivity index (χ2v) is 6.29. The summed E-state index contributed by atoms with van der Waals surface area (Å²) in [4.78, 5) is 14.6. The highest BCUT2D eigenvalue weighted by molar-refractivity contribution is 7.89. The Kier molecular flexibility index (Phi) is 5.13. The first kappa shape index (κ1) is 16.5. The predicted octanol–water partition coefficient (Wildman–Crippen LogP) is 1.66. The van der Waals surface area contributed by atoms with E-state index in [2.05, 4.69) is 16.3 Å². The molecule has 2 N–H and O–H groups in total. The largest absolute Gasteiger partial charge is 0.461 e. The van der Waals surface area contributed by atoms with Crippen LogP contribution in [0.5, 0.6) is 0 Å². The van der Waals surface area contributed by atoms with Crippen molar-refractivity contribution in [2.45, 2.75) is 32.6 Å². The molecule has 0 aliphatic heterocycles. The van der Waals surface area contributed by atoms with Gasteiger partial charge in [0.1, 0.15) is 10.6 Å². The summed E-state index contributed by atoms with van der Waals surface area (Å²) >= 11 is 0. The molecule has 1 rings (SSSR count). The van der Waals surface area contributed by atoms with Gasteiger partial charge in [0, 0.05) is 17.8 Å². The number of hydrogen-bond donors (Lipinski definition) is 2. The number of hydrogen-bond acceptors (Lipinski definition) is 4. The zero-order chi connectivity index (χ0) is 15.5. The molecule has 1 aromatic rings. The van der Waals surface area contributed by atoms with E-state index >= 15 is 0 Å². The van der Waals surface area contributed by atoms with Gasteiger partial charge in [0.15, 0.2) is 0 Å². The van der Waals surface area contributed by atoms with Gasteiger partial charge in [0.2, 0.25) is 10.0 Å². The van der Waals surface area contributed by atoms with Crippen molar-refractivity contribution in [2.75, 3.05) is 13.2 Å². The summed E-state index contributed by atoms with van der Waals surface area (Å²) in [5.74, 6) is -0.561. The molecular weight excluding hydrogens is 280 g/mol. The molecule has 0 aliphatic carbocycles. The van der Waals surface area contributed by atoms with Crippen LogP contribution in [-0.2, 0) is 14.8 Å². The van der Waals surface area contributed by atoms with Crippen LogP contribution in [0.2, 0.25) is 0 Å². The number of nitrogens with one attached hydrogen (secondary N) is 2. The number of esters is 1. The monoisotopic (exact) mass is 300 g/mol. The highest BCUT2D eigenvalue weighted by atomic mass is 32.2. The van der Waals surface area contributed by atoms with Gasteiger partial charge in [-0.2, -0.15) is 0 Å². The quantitative estimate of drug-likeness (QED) is 0.618. The van der Waals surface area contributed by atoms with Crippen LogP contribution < -0.4 is 4.72 Å². The molecule has 1 heterocycles. The van der Waals surface area contributed by atoms with Crippen molar-refractivity contribution in [3.05, 3.63) is 29.1 Å². The van der Waals surface area contributed by atoms with Crippen LogP contribution in [0, 0.1) is 13.8 Å². The first-order chi connectivity index (χ1) is 9.20. The number of carbonyl (C=O) groups is 1. The van der Waals surface area contributed by atoms with E-state index in [4.69, 9.17) is 4.74 Å². The number of H-pyrrole nitrogens is 1. The summed E-state index contributed by atoms with van der Waals surface area (Å²) < 4.78 is 31.8. The van der Waals surface area contributed by atoms with Gasteiger partial charge in [-0.05, 0) is 27.7 Å². The first-order valence-corrected chi connectivity index (χ1v) is 7.69. The Hall–Kier alpha value is -1.60. The molecule has 6 nitrogen and oxygen atoms in total. The van der Waals surface area contributed by atoms with E-state index in [0.29, 0.717) is 16.8 Å². The maximum Gasteiger partial charge on any atom is 0.355 e. The molecule has 7 heteroatoms. The molecule has 0 atom stereocenters. The number of aromatic nitrogens is 1. The van der Waals surface area contributed by atoms with Gasteiger partial charge in [0.05, 0.1) is 6.61 Å². The zero-order valence-electron chi connectivity index (χ0n) is 12.2. The Balaban J connectivity index is 3.20. The molecule has 0 spiro atoms. The van der Waals surface area contributed by atoms with E-state index in [-0.39, 0.29) is 23.7 Å². The highest BCUT2D eigenvalue weighted by Gasteiger charge is 2.26. The van der Waals surface area contributed by atoms with E-state index in [1.54, 1.807) is 27.7 Å². The molecule has 0 fully saturated rings. The Morgan fingerprint density at radius 1 is 1.40 bits per heavy atom. The van der Waals surface area contributed by atoms with Crippen molar-refractivity contribution in [1.82, 2.24) is 9.71 Å². The maximum atomic E-state index is 12.2. The molecule has 0 saturated carbocycles. The van der Waals surface area contributed by atoms with Crippen molar-refractivity contribution in [3.63, 3.8) is 0 Å². The lowest BCUT2D eigenvalue weighted by molar-refractivity contribution is 0.0519. The smallest absolute Gasteiger partial charge is 0.355 e. The summed E-state index contributed by atoms with van der Waals surface area (Å²) in [5.41, 5.74) is 1.63. The lowest BCUT2D eigenvalue weighted by atomic mass is 10.2. The average Bonchev–Trinajstić information content (AvgIpc) is 2.63. The average molecular weight is 300 g/mol. The standard InChI is InChI=1S/C13H20N2O4S/c1-6-19-13(16)11-9(4)12(10(5)15-11)20(17,18)14-7-8(2)3/h14-15H,2,6-7H2,1,3-5H3. The fraction of sp³-hybridized carbons (Fsp3) is 0.462. The van der Waals surface area contributed by atoms with E-state index in [1.807, 2.05) is 0 Å². The normalized spacial score (nSPS) is 11.4. The molecule has 20 heavy (non-hydrogen) atoms. The minimum atomic E-state index is -3.69. The number of ether oxygens (including phenoxy) is 1. The minimum Gasteiger partial charge on any atom is -0.461 e. The Morgan fingerprint density at radius 2 is 2.00 bits per heavy atom. The fourth-order valence-electron chi connectivity index (χ4n) is 1.83. The van der Waals surface area contributed by atoms with Crippen molar-refractivity contribution in [2.24, 2.45) is 0 Å². The molecule has 0 bridgehead atoms. The van der Waals surface area contributed by atoms with E-state index in [1.165, 1.54) is 0 Å².